The summed E-state index contributed by atoms with van der Waals surface area (Å²) in [5.41, 5.74) is 0. The van der Waals surface area contributed by atoms with E-state index < -0.39 is 18.2 Å². The molecule has 5 nitrogen and oxygen atoms in total. The second-order valence-electron chi connectivity index (χ2n) is 1.65. The largest absolute Gasteiger partial charge is 0.479 e. The van der Waals surface area contributed by atoms with Crippen molar-refractivity contribution in [3.05, 3.63) is 0 Å². The molecule has 0 aliphatic rings. The van der Waals surface area contributed by atoms with Crippen molar-refractivity contribution in [1.29, 1.82) is 0 Å². The van der Waals surface area contributed by atoms with Gasteiger partial charge in [0.05, 0.1) is 0 Å². The van der Waals surface area contributed by atoms with Crippen molar-refractivity contribution in [3.63, 3.8) is 0 Å². The number of carbonyl (C=O) groups is 2. The molecule has 0 aliphatic carbocycles. The average Bonchev–Trinajstić information content (AvgIpc) is 1.87. The summed E-state index contributed by atoms with van der Waals surface area (Å²) in [7, 11) is 0. The quantitative estimate of drug-likeness (QED) is 0.567. The fourth-order valence-electron chi connectivity index (χ4n) is 0.249. The number of hydrogen-bond acceptors (Lipinski definition) is 5. The summed E-state index contributed by atoms with van der Waals surface area (Å²) in [5.74, 6) is -1.22. The SMILES string of the molecule is CC(OC(=O)N(S)S)C(=O)O. The Morgan fingerprint density at radius 3 is 2.27 bits per heavy atom. The molecule has 0 saturated carbocycles. The normalized spacial score (nSPS) is 11.9. The summed E-state index contributed by atoms with van der Waals surface area (Å²) in [6.45, 7) is 1.23. The summed E-state index contributed by atoms with van der Waals surface area (Å²) in [6, 6.07) is 0. The highest BCUT2D eigenvalue weighted by Gasteiger charge is 2.17. The highest BCUT2D eigenvalue weighted by molar-refractivity contribution is 7.94. The first-order valence-electron chi connectivity index (χ1n) is 2.56. The summed E-state index contributed by atoms with van der Waals surface area (Å²) >= 11 is 6.93. The van der Waals surface area contributed by atoms with Gasteiger partial charge >= 0.3 is 12.1 Å². The van der Waals surface area contributed by atoms with Crippen molar-refractivity contribution in [1.82, 2.24) is 3.71 Å². The molecule has 7 heteroatoms. The second kappa shape index (κ2) is 4.35. The molecule has 0 spiro atoms. The van der Waals surface area contributed by atoms with Crippen molar-refractivity contribution in [2.45, 2.75) is 13.0 Å². The van der Waals surface area contributed by atoms with Crippen LogP contribution in [0.25, 0.3) is 0 Å². The molecule has 1 N–H and O–H groups in total. The van der Waals surface area contributed by atoms with E-state index in [0.717, 1.165) is 0 Å². The third kappa shape index (κ3) is 3.99. The van der Waals surface area contributed by atoms with Crippen LogP contribution in [0.3, 0.4) is 0 Å². The van der Waals surface area contributed by atoms with E-state index in [-0.39, 0.29) is 0 Å². The minimum atomic E-state index is -1.22. The van der Waals surface area contributed by atoms with E-state index in [1.807, 2.05) is 0 Å². The van der Waals surface area contributed by atoms with Crippen LogP contribution in [0.1, 0.15) is 6.92 Å². The predicted octanol–water partition coefficient (Wildman–Crippen LogP) is 0.588. The van der Waals surface area contributed by atoms with Crippen LogP contribution < -0.4 is 0 Å². The lowest BCUT2D eigenvalue weighted by Gasteiger charge is -2.11. The van der Waals surface area contributed by atoms with Crippen LogP contribution in [0, 0.1) is 0 Å². The van der Waals surface area contributed by atoms with Crippen LogP contribution in [0.5, 0.6) is 0 Å². The molecule has 64 valence electrons. The molecule has 0 aliphatic heterocycles. The Morgan fingerprint density at radius 1 is 1.55 bits per heavy atom. The lowest BCUT2D eigenvalue weighted by molar-refractivity contribution is -0.145. The van der Waals surface area contributed by atoms with Gasteiger partial charge in [0.15, 0.2) is 6.10 Å². The lowest BCUT2D eigenvalue weighted by Crippen LogP contribution is -2.26. The summed E-state index contributed by atoms with van der Waals surface area (Å²) in [5, 5.41) is 8.27. The highest BCUT2D eigenvalue weighted by Crippen LogP contribution is 2.03. The van der Waals surface area contributed by atoms with Crippen LogP contribution in [0.4, 0.5) is 4.79 Å². The van der Waals surface area contributed by atoms with Crippen LogP contribution >= 0.6 is 25.6 Å². The molecule has 0 rings (SSSR count). The lowest BCUT2D eigenvalue weighted by atomic mass is 10.4. The van der Waals surface area contributed by atoms with Gasteiger partial charge in [-0.05, 0) is 32.6 Å². The Bertz CT molecular complexity index is 171. The molecule has 0 fully saturated rings. The maximum absolute atomic E-state index is 10.5. The summed E-state index contributed by atoms with van der Waals surface area (Å²) in [4.78, 5) is 20.7. The number of carboxylic acids is 1. The molecular weight excluding hydrogens is 190 g/mol. The van der Waals surface area contributed by atoms with Crippen LogP contribution in [0.15, 0.2) is 0 Å². The molecule has 0 aromatic carbocycles. The number of rotatable bonds is 2. The van der Waals surface area contributed by atoms with Gasteiger partial charge in [0, 0.05) is 0 Å². The number of thiol groups is 2. The topological polar surface area (TPSA) is 66.8 Å². The van der Waals surface area contributed by atoms with Gasteiger partial charge in [-0.15, -0.1) is 0 Å². The third-order valence-corrected chi connectivity index (χ3v) is 1.12. The first kappa shape index (κ1) is 10.4. The molecule has 11 heavy (non-hydrogen) atoms. The second-order valence-corrected chi connectivity index (χ2v) is 2.77. The van der Waals surface area contributed by atoms with Gasteiger partial charge in [0.2, 0.25) is 0 Å². The monoisotopic (exact) mass is 197 g/mol. The maximum atomic E-state index is 10.5. The molecule has 0 bridgehead atoms. The number of nitrogens with zero attached hydrogens (tertiary/aromatic N) is 1. The third-order valence-electron chi connectivity index (χ3n) is 0.789. The van der Waals surface area contributed by atoms with Crippen LogP contribution in [-0.4, -0.2) is 27.0 Å². The molecule has 0 heterocycles. The van der Waals surface area contributed by atoms with Crippen molar-refractivity contribution < 1.29 is 19.4 Å². The molecule has 0 radical (unpaired) electrons. The van der Waals surface area contributed by atoms with Gasteiger partial charge in [-0.2, -0.15) is 3.71 Å². The fourth-order valence-corrected chi connectivity index (χ4v) is 0.343. The van der Waals surface area contributed by atoms with E-state index in [1.165, 1.54) is 6.92 Å². The van der Waals surface area contributed by atoms with Gasteiger partial charge in [0.1, 0.15) is 0 Å². The van der Waals surface area contributed by atoms with Crippen LogP contribution in [0.2, 0.25) is 0 Å². The highest BCUT2D eigenvalue weighted by atomic mass is 32.2. The van der Waals surface area contributed by atoms with E-state index >= 15 is 0 Å². The zero-order valence-corrected chi connectivity index (χ0v) is 7.38. The Hall–Kier alpha value is -0.560. The number of aliphatic carboxylic acids is 1. The van der Waals surface area contributed by atoms with E-state index in [1.54, 1.807) is 0 Å². The molecule has 0 aromatic heterocycles. The Labute approximate surface area is 74.4 Å². The zero-order chi connectivity index (χ0) is 9.02. The first-order valence-corrected chi connectivity index (χ1v) is 3.36. The fraction of sp³-hybridized carbons (Fsp3) is 0.500. The smallest absolute Gasteiger partial charge is 0.430 e. The van der Waals surface area contributed by atoms with Crippen molar-refractivity contribution in [2.75, 3.05) is 0 Å². The standard InChI is InChI=1S/C4H7NO4S2/c1-2(3(6)7)9-4(8)5(10)11/h2,10-11H,1H3,(H,6,7). The van der Waals surface area contributed by atoms with E-state index in [9.17, 15) is 9.59 Å². The Balaban J connectivity index is 3.85. The number of amides is 1. The molecule has 1 unspecified atom stereocenters. The van der Waals surface area contributed by atoms with Crippen molar-refractivity contribution in [2.24, 2.45) is 0 Å². The Morgan fingerprint density at radius 2 is 2.00 bits per heavy atom. The number of carbonyl (C=O) groups excluding carboxylic acids is 1. The van der Waals surface area contributed by atoms with Gasteiger partial charge < -0.3 is 9.84 Å². The Kier molecular flexibility index (Phi) is 4.12. The van der Waals surface area contributed by atoms with E-state index in [2.05, 4.69) is 30.4 Å². The average molecular weight is 197 g/mol. The number of ether oxygens (including phenoxy) is 1. The first-order chi connectivity index (χ1) is 4.95. The minimum Gasteiger partial charge on any atom is -0.479 e. The zero-order valence-electron chi connectivity index (χ0n) is 5.59. The summed E-state index contributed by atoms with van der Waals surface area (Å²) in [6.07, 6.45) is -2.11. The summed E-state index contributed by atoms with van der Waals surface area (Å²) < 4.78 is 4.86. The van der Waals surface area contributed by atoms with Gasteiger partial charge in [0.25, 0.3) is 0 Å². The van der Waals surface area contributed by atoms with Gasteiger partial charge in [-0.3, -0.25) is 0 Å². The molecule has 1 atom stereocenters. The minimum absolute atomic E-state index is 0.555. The van der Waals surface area contributed by atoms with Crippen LogP contribution in [-0.2, 0) is 9.53 Å². The number of carboxylic acid groups (broad SMARTS) is 1. The predicted molar refractivity (Wildman–Crippen MR) is 43.4 cm³/mol. The molecular formula is C4H7NO4S2. The van der Waals surface area contributed by atoms with Gasteiger partial charge in [-0.1, -0.05) is 0 Å². The van der Waals surface area contributed by atoms with Crippen molar-refractivity contribution >= 4 is 37.7 Å². The van der Waals surface area contributed by atoms with E-state index in [4.69, 9.17) is 5.11 Å². The van der Waals surface area contributed by atoms with Gasteiger partial charge in [-0.25, -0.2) is 9.59 Å². The number of hydrogen-bond donors (Lipinski definition) is 3. The van der Waals surface area contributed by atoms with Crippen molar-refractivity contribution in [3.8, 4) is 0 Å². The molecule has 0 aromatic rings. The molecule has 1 amide bonds. The maximum Gasteiger partial charge on any atom is 0.430 e. The van der Waals surface area contributed by atoms with E-state index in [0.29, 0.717) is 3.71 Å². The molecule has 0 saturated heterocycles.